The third-order valence-electron chi connectivity index (χ3n) is 4.21. The second kappa shape index (κ2) is 6.57. The first kappa shape index (κ1) is 15.8. The SMILES string of the molecule is O=C(N[C@@H]1CCCC[C@@H]1N1C(=O)CSC1=O)c1ccc(=O)[nH]c1. The second-order valence-electron chi connectivity index (χ2n) is 5.69. The van der Waals surface area contributed by atoms with Gasteiger partial charge in [0.25, 0.3) is 11.1 Å². The minimum atomic E-state index is -0.315. The Morgan fingerprint density at radius 2 is 2.00 bits per heavy atom. The van der Waals surface area contributed by atoms with E-state index in [2.05, 4.69) is 10.3 Å². The Morgan fingerprint density at radius 1 is 1.22 bits per heavy atom. The number of imide groups is 1. The first-order valence-electron chi connectivity index (χ1n) is 7.54. The lowest BCUT2D eigenvalue weighted by Gasteiger charge is -2.36. The maximum atomic E-state index is 12.3. The molecule has 1 saturated heterocycles. The van der Waals surface area contributed by atoms with Crippen LogP contribution in [0.15, 0.2) is 23.1 Å². The minimum Gasteiger partial charge on any atom is -0.347 e. The molecule has 23 heavy (non-hydrogen) atoms. The molecule has 1 aliphatic heterocycles. The van der Waals surface area contributed by atoms with Gasteiger partial charge in [-0.1, -0.05) is 24.6 Å². The number of aromatic amines is 1. The highest BCUT2D eigenvalue weighted by molar-refractivity contribution is 8.14. The van der Waals surface area contributed by atoms with Gasteiger partial charge in [-0.3, -0.25) is 24.1 Å². The number of pyridine rings is 1. The fourth-order valence-corrected chi connectivity index (χ4v) is 3.84. The van der Waals surface area contributed by atoms with Crippen molar-refractivity contribution in [1.29, 1.82) is 0 Å². The van der Waals surface area contributed by atoms with Crippen LogP contribution in [0.3, 0.4) is 0 Å². The molecule has 7 nitrogen and oxygen atoms in total. The normalized spacial score (nSPS) is 24.8. The van der Waals surface area contributed by atoms with Gasteiger partial charge in [0.1, 0.15) is 0 Å². The maximum Gasteiger partial charge on any atom is 0.289 e. The molecular weight excluding hydrogens is 318 g/mol. The number of nitrogens with one attached hydrogen (secondary N) is 2. The number of aromatic nitrogens is 1. The summed E-state index contributed by atoms with van der Waals surface area (Å²) in [7, 11) is 0. The molecule has 2 aliphatic rings. The van der Waals surface area contributed by atoms with Gasteiger partial charge in [0.2, 0.25) is 11.5 Å². The average molecular weight is 335 g/mol. The number of nitrogens with zero attached hydrogens (tertiary/aromatic N) is 1. The summed E-state index contributed by atoms with van der Waals surface area (Å²) >= 11 is 1.01. The van der Waals surface area contributed by atoms with Crippen LogP contribution in [0, 0.1) is 0 Å². The molecule has 1 aromatic rings. The van der Waals surface area contributed by atoms with Crippen LogP contribution < -0.4 is 10.9 Å². The molecule has 0 radical (unpaired) electrons. The maximum absolute atomic E-state index is 12.3. The summed E-state index contributed by atoms with van der Waals surface area (Å²) in [6, 6.07) is 2.20. The lowest BCUT2D eigenvalue weighted by molar-refractivity contribution is -0.127. The molecule has 2 N–H and O–H groups in total. The van der Waals surface area contributed by atoms with E-state index in [1.54, 1.807) is 0 Å². The van der Waals surface area contributed by atoms with E-state index in [1.165, 1.54) is 23.2 Å². The van der Waals surface area contributed by atoms with Gasteiger partial charge < -0.3 is 10.3 Å². The zero-order valence-corrected chi connectivity index (χ0v) is 13.2. The van der Waals surface area contributed by atoms with Crippen LogP contribution in [-0.4, -0.2) is 44.8 Å². The number of carbonyl (C=O) groups excluding carboxylic acids is 3. The van der Waals surface area contributed by atoms with Gasteiger partial charge in [0.15, 0.2) is 0 Å². The van der Waals surface area contributed by atoms with E-state index in [-0.39, 0.29) is 40.4 Å². The van der Waals surface area contributed by atoms with Gasteiger partial charge >= 0.3 is 0 Å². The Kier molecular flexibility index (Phi) is 4.51. The Labute approximate surface area is 136 Å². The molecular formula is C15H17N3O4S. The molecule has 2 atom stereocenters. The molecule has 2 fully saturated rings. The molecule has 1 aliphatic carbocycles. The summed E-state index contributed by atoms with van der Waals surface area (Å²) < 4.78 is 0. The Morgan fingerprint density at radius 3 is 2.65 bits per heavy atom. The number of hydrogen-bond donors (Lipinski definition) is 2. The largest absolute Gasteiger partial charge is 0.347 e. The molecule has 122 valence electrons. The van der Waals surface area contributed by atoms with Crippen molar-refractivity contribution in [3.05, 3.63) is 34.2 Å². The van der Waals surface area contributed by atoms with Crippen LogP contribution in [0.2, 0.25) is 0 Å². The van der Waals surface area contributed by atoms with Crippen molar-refractivity contribution in [2.75, 3.05) is 5.75 Å². The number of H-pyrrole nitrogens is 1. The number of amides is 3. The summed E-state index contributed by atoms with van der Waals surface area (Å²) in [5.74, 6) is -0.323. The minimum absolute atomic E-state index is 0.177. The van der Waals surface area contributed by atoms with E-state index in [1.807, 2.05) is 0 Å². The average Bonchev–Trinajstić information content (AvgIpc) is 2.87. The third kappa shape index (κ3) is 3.31. The number of carbonyl (C=O) groups is 3. The molecule has 0 spiro atoms. The van der Waals surface area contributed by atoms with E-state index in [0.29, 0.717) is 12.0 Å². The highest BCUT2D eigenvalue weighted by Crippen LogP contribution is 2.30. The lowest BCUT2D eigenvalue weighted by atomic mass is 9.89. The molecule has 0 bridgehead atoms. The van der Waals surface area contributed by atoms with Gasteiger partial charge in [-0.2, -0.15) is 0 Å². The van der Waals surface area contributed by atoms with Crippen LogP contribution >= 0.6 is 11.8 Å². The van der Waals surface area contributed by atoms with E-state index >= 15 is 0 Å². The second-order valence-corrected chi connectivity index (χ2v) is 6.62. The standard InChI is InChI=1S/C15H17N3O4S/c19-12-6-5-9(7-16-12)14(21)17-10-3-1-2-4-11(10)18-13(20)8-23-15(18)22/h5-7,10-11H,1-4,8H2,(H,16,19)(H,17,21)/t10-,11+/m1/s1. The molecule has 1 saturated carbocycles. The predicted molar refractivity (Wildman–Crippen MR) is 85.3 cm³/mol. The Hall–Kier alpha value is -2.09. The summed E-state index contributed by atoms with van der Waals surface area (Å²) in [5.41, 5.74) is 0.0738. The van der Waals surface area contributed by atoms with Crippen LogP contribution in [0.5, 0.6) is 0 Å². The van der Waals surface area contributed by atoms with E-state index in [4.69, 9.17) is 0 Å². The van der Waals surface area contributed by atoms with Gasteiger partial charge in [0.05, 0.1) is 23.4 Å². The van der Waals surface area contributed by atoms with Crippen molar-refractivity contribution in [2.24, 2.45) is 0 Å². The highest BCUT2D eigenvalue weighted by atomic mass is 32.2. The number of hydrogen-bond acceptors (Lipinski definition) is 5. The summed E-state index contributed by atoms with van der Waals surface area (Å²) in [6.45, 7) is 0. The van der Waals surface area contributed by atoms with Gasteiger partial charge in [-0.25, -0.2) is 0 Å². The lowest BCUT2D eigenvalue weighted by Crippen LogP contribution is -2.54. The topological polar surface area (TPSA) is 99.3 Å². The molecule has 0 unspecified atom stereocenters. The first-order valence-corrected chi connectivity index (χ1v) is 8.53. The monoisotopic (exact) mass is 335 g/mol. The van der Waals surface area contributed by atoms with Crippen molar-refractivity contribution >= 4 is 28.8 Å². The molecule has 3 rings (SSSR count). The number of rotatable bonds is 3. The quantitative estimate of drug-likeness (QED) is 0.862. The predicted octanol–water partition coefficient (Wildman–Crippen LogP) is 1.11. The third-order valence-corrected chi connectivity index (χ3v) is 5.04. The Bertz CT molecular complexity index is 666. The van der Waals surface area contributed by atoms with Crippen molar-refractivity contribution in [1.82, 2.24) is 15.2 Å². The van der Waals surface area contributed by atoms with Crippen molar-refractivity contribution in [3.8, 4) is 0 Å². The van der Waals surface area contributed by atoms with E-state index in [0.717, 1.165) is 31.0 Å². The van der Waals surface area contributed by atoms with Crippen LogP contribution in [0.25, 0.3) is 0 Å². The summed E-state index contributed by atoms with van der Waals surface area (Å²) in [6.07, 6.45) is 4.65. The molecule has 0 aromatic carbocycles. The smallest absolute Gasteiger partial charge is 0.289 e. The van der Waals surface area contributed by atoms with Crippen molar-refractivity contribution < 1.29 is 14.4 Å². The van der Waals surface area contributed by atoms with Gasteiger partial charge in [0, 0.05) is 12.3 Å². The molecule has 3 amide bonds. The van der Waals surface area contributed by atoms with Gasteiger partial charge in [-0.05, 0) is 18.9 Å². The zero-order chi connectivity index (χ0) is 16.4. The Balaban J connectivity index is 1.75. The van der Waals surface area contributed by atoms with Crippen molar-refractivity contribution in [3.63, 3.8) is 0 Å². The van der Waals surface area contributed by atoms with Crippen LogP contribution in [0.1, 0.15) is 36.0 Å². The highest BCUT2D eigenvalue weighted by Gasteiger charge is 2.41. The summed E-state index contributed by atoms with van der Waals surface area (Å²) in [4.78, 5) is 51.0. The van der Waals surface area contributed by atoms with Crippen LogP contribution in [-0.2, 0) is 4.79 Å². The van der Waals surface area contributed by atoms with E-state index < -0.39 is 0 Å². The van der Waals surface area contributed by atoms with Crippen molar-refractivity contribution in [2.45, 2.75) is 37.8 Å². The fraction of sp³-hybridized carbons (Fsp3) is 0.467. The molecule has 8 heteroatoms. The molecule has 1 aromatic heterocycles. The fourth-order valence-electron chi connectivity index (χ4n) is 3.08. The molecule has 2 heterocycles. The van der Waals surface area contributed by atoms with Crippen LogP contribution in [0.4, 0.5) is 4.79 Å². The van der Waals surface area contributed by atoms with Gasteiger partial charge in [-0.15, -0.1) is 0 Å². The number of thioether (sulfide) groups is 1. The first-order chi connectivity index (χ1) is 11.1. The van der Waals surface area contributed by atoms with E-state index in [9.17, 15) is 19.2 Å². The zero-order valence-electron chi connectivity index (χ0n) is 12.4. The summed E-state index contributed by atoms with van der Waals surface area (Å²) in [5, 5.41) is 2.68.